The van der Waals surface area contributed by atoms with Gasteiger partial charge >= 0.3 is 11.8 Å². The van der Waals surface area contributed by atoms with Crippen molar-refractivity contribution in [1.29, 1.82) is 0 Å². The minimum absolute atomic E-state index is 0.214. The summed E-state index contributed by atoms with van der Waals surface area (Å²) in [6.07, 6.45) is -0.625. The van der Waals surface area contributed by atoms with Crippen LogP contribution in [0.25, 0.3) is 0 Å². The quantitative estimate of drug-likeness (QED) is 0.549. The van der Waals surface area contributed by atoms with E-state index in [-0.39, 0.29) is 6.54 Å². The SMILES string of the molecule is CCNCC(O)CN1CCN(C)C(=O)C1=O. The van der Waals surface area contributed by atoms with Crippen molar-refractivity contribution in [1.82, 2.24) is 15.1 Å². The number of nitrogens with one attached hydrogen (secondary N) is 1. The van der Waals surface area contributed by atoms with Gasteiger partial charge in [-0.25, -0.2) is 0 Å². The van der Waals surface area contributed by atoms with Gasteiger partial charge in [-0.1, -0.05) is 6.92 Å². The lowest BCUT2D eigenvalue weighted by Crippen LogP contribution is -2.55. The second-order valence-electron chi connectivity index (χ2n) is 3.94. The monoisotopic (exact) mass is 229 g/mol. The van der Waals surface area contributed by atoms with E-state index in [2.05, 4.69) is 5.32 Å². The van der Waals surface area contributed by atoms with Gasteiger partial charge in [-0.15, -0.1) is 0 Å². The fourth-order valence-corrected chi connectivity index (χ4v) is 1.58. The molecule has 1 atom stereocenters. The number of carbonyl (C=O) groups excluding carboxylic acids is 2. The van der Waals surface area contributed by atoms with Gasteiger partial charge in [0.15, 0.2) is 0 Å². The molecule has 6 heteroatoms. The lowest BCUT2D eigenvalue weighted by Gasteiger charge is -2.32. The van der Waals surface area contributed by atoms with Crippen molar-refractivity contribution in [3.8, 4) is 0 Å². The molecule has 2 amide bonds. The Balaban J connectivity index is 2.42. The Morgan fingerprint density at radius 2 is 2.06 bits per heavy atom. The van der Waals surface area contributed by atoms with E-state index in [4.69, 9.17) is 0 Å². The molecule has 1 aliphatic heterocycles. The number of likely N-dealkylation sites (N-methyl/N-ethyl adjacent to an activating group) is 2. The minimum Gasteiger partial charge on any atom is -0.390 e. The highest BCUT2D eigenvalue weighted by Crippen LogP contribution is 2.03. The molecule has 1 saturated heterocycles. The first kappa shape index (κ1) is 12.9. The summed E-state index contributed by atoms with van der Waals surface area (Å²) in [6, 6.07) is 0. The molecular formula is C10H19N3O3. The number of hydrogen-bond acceptors (Lipinski definition) is 4. The maximum Gasteiger partial charge on any atom is 0.312 e. The zero-order valence-electron chi connectivity index (χ0n) is 9.77. The molecule has 0 saturated carbocycles. The van der Waals surface area contributed by atoms with E-state index in [9.17, 15) is 14.7 Å². The zero-order chi connectivity index (χ0) is 12.1. The summed E-state index contributed by atoms with van der Waals surface area (Å²) in [5.74, 6) is -1.02. The zero-order valence-corrected chi connectivity index (χ0v) is 9.77. The third-order valence-corrected chi connectivity index (χ3v) is 2.58. The van der Waals surface area contributed by atoms with Gasteiger partial charge in [-0.05, 0) is 6.54 Å². The van der Waals surface area contributed by atoms with Crippen molar-refractivity contribution in [2.45, 2.75) is 13.0 Å². The predicted octanol–water partition coefficient (Wildman–Crippen LogP) is -1.74. The minimum atomic E-state index is -0.625. The highest BCUT2D eigenvalue weighted by molar-refractivity contribution is 6.35. The average molecular weight is 229 g/mol. The third kappa shape index (κ3) is 3.18. The van der Waals surface area contributed by atoms with Crippen molar-refractivity contribution in [2.75, 3.05) is 39.8 Å². The van der Waals surface area contributed by atoms with E-state index in [1.165, 1.54) is 9.80 Å². The maximum absolute atomic E-state index is 11.5. The van der Waals surface area contributed by atoms with E-state index >= 15 is 0 Å². The highest BCUT2D eigenvalue weighted by atomic mass is 16.3. The number of β-amino-alcohol motifs (C(OH)–C–C–N with tert-alkyl or cyclic N) is 1. The highest BCUT2D eigenvalue weighted by Gasteiger charge is 2.30. The molecule has 6 nitrogen and oxygen atoms in total. The van der Waals surface area contributed by atoms with Gasteiger partial charge in [0.1, 0.15) is 0 Å². The summed E-state index contributed by atoms with van der Waals surface area (Å²) in [5, 5.41) is 12.6. The van der Waals surface area contributed by atoms with Crippen LogP contribution in [0.15, 0.2) is 0 Å². The third-order valence-electron chi connectivity index (χ3n) is 2.58. The molecule has 1 unspecified atom stereocenters. The van der Waals surface area contributed by atoms with Crippen LogP contribution in [0.3, 0.4) is 0 Å². The Bertz CT molecular complexity index is 270. The topological polar surface area (TPSA) is 72.9 Å². The van der Waals surface area contributed by atoms with Gasteiger partial charge in [0.25, 0.3) is 0 Å². The number of aliphatic hydroxyl groups excluding tert-OH is 1. The Kier molecular flexibility index (Phi) is 4.70. The van der Waals surface area contributed by atoms with Gasteiger partial charge in [-0.3, -0.25) is 9.59 Å². The number of piperazine rings is 1. The molecule has 92 valence electrons. The van der Waals surface area contributed by atoms with Gasteiger partial charge in [-0.2, -0.15) is 0 Å². The predicted molar refractivity (Wildman–Crippen MR) is 58.8 cm³/mol. The van der Waals surface area contributed by atoms with Crippen molar-refractivity contribution < 1.29 is 14.7 Å². The van der Waals surface area contributed by atoms with Crippen LogP contribution in [-0.4, -0.2) is 72.6 Å². The van der Waals surface area contributed by atoms with Crippen LogP contribution in [0.4, 0.5) is 0 Å². The smallest absolute Gasteiger partial charge is 0.312 e. The maximum atomic E-state index is 11.5. The molecule has 2 N–H and O–H groups in total. The van der Waals surface area contributed by atoms with Crippen LogP contribution in [0, 0.1) is 0 Å². The summed E-state index contributed by atoms with van der Waals surface area (Å²) < 4.78 is 0. The summed E-state index contributed by atoms with van der Waals surface area (Å²) in [5.41, 5.74) is 0. The number of nitrogens with zero attached hydrogens (tertiary/aromatic N) is 2. The first-order valence-electron chi connectivity index (χ1n) is 5.49. The molecular weight excluding hydrogens is 210 g/mol. The summed E-state index contributed by atoms with van der Waals surface area (Å²) >= 11 is 0. The molecule has 1 fully saturated rings. The second-order valence-corrected chi connectivity index (χ2v) is 3.94. The molecule has 0 spiro atoms. The standard InChI is InChI=1S/C10H19N3O3/c1-3-11-6-8(14)7-13-5-4-12(2)9(15)10(13)16/h8,11,14H,3-7H2,1-2H3. The summed E-state index contributed by atoms with van der Waals surface area (Å²) in [6.45, 7) is 4.38. The molecule has 16 heavy (non-hydrogen) atoms. The van der Waals surface area contributed by atoms with Crippen LogP contribution >= 0.6 is 0 Å². The molecule has 0 aromatic heterocycles. The largest absolute Gasteiger partial charge is 0.390 e. The number of amides is 2. The Hall–Kier alpha value is -1.14. The van der Waals surface area contributed by atoms with Crippen molar-refractivity contribution in [2.24, 2.45) is 0 Å². The second kappa shape index (κ2) is 5.81. The molecule has 0 aromatic carbocycles. The van der Waals surface area contributed by atoms with Crippen LogP contribution in [0.2, 0.25) is 0 Å². The molecule has 1 heterocycles. The van der Waals surface area contributed by atoms with Gasteiger partial charge in [0.2, 0.25) is 0 Å². The molecule has 0 radical (unpaired) electrons. The van der Waals surface area contributed by atoms with E-state index in [0.29, 0.717) is 19.6 Å². The number of carbonyl (C=O) groups is 2. The molecule has 1 aliphatic rings. The normalized spacial score (nSPS) is 19.2. The van der Waals surface area contributed by atoms with E-state index < -0.39 is 17.9 Å². The number of aliphatic hydroxyl groups is 1. The Labute approximate surface area is 95.2 Å². The lowest BCUT2D eigenvalue weighted by atomic mass is 10.2. The molecule has 0 aliphatic carbocycles. The van der Waals surface area contributed by atoms with Gasteiger partial charge in [0.05, 0.1) is 6.10 Å². The van der Waals surface area contributed by atoms with Gasteiger partial charge < -0.3 is 20.2 Å². The van der Waals surface area contributed by atoms with Crippen molar-refractivity contribution in [3.63, 3.8) is 0 Å². The fraction of sp³-hybridized carbons (Fsp3) is 0.800. The fourth-order valence-electron chi connectivity index (χ4n) is 1.58. The average Bonchev–Trinajstić information content (AvgIpc) is 2.27. The summed E-state index contributed by atoms with van der Waals surface area (Å²) in [4.78, 5) is 25.7. The number of hydrogen-bond donors (Lipinski definition) is 2. The van der Waals surface area contributed by atoms with Crippen LogP contribution in [-0.2, 0) is 9.59 Å². The first-order chi connectivity index (χ1) is 7.56. The van der Waals surface area contributed by atoms with E-state index in [0.717, 1.165) is 6.54 Å². The molecule has 0 bridgehead atoms. The van der Waals surface area contributed by atoms with E-state index in [1.807, 2.05) is 6.92 Å². The van der Waals surface area contributed by atoms with Crippen LogP contribution in [0.5, 0.6) is 0 Å². The molecule has 1 rings (SSSR count). The lowest BCUT2D eigenvalue weighted by molar-refractivity contribution is -0.155. The number of rotatable bonds is 5. The Morgan fingerprint density at radius 1 is 1.38 bits per heavy atom. The van der Waals surface area contributed by atoms with Crippen molar-refractivity contribution in [3.05, 3.63) is 0 Å². The summed E-state index contributed by atoms with van der Waals surface area (Å²) in [7, 11) is 1.60. The van der Waals surface area contributed by atoms with E-state index in [1.54, 1.807) is 7.05 Å². The van der Waals surface area contributed by atoms with Crippen molar-refractivity contribution >= 4 is 11.8 Å². The van der Waals surface area contributed by atoms with Crippen LogP contribution in [0.1, 0.15) is 6.92 Å². The first-order valence-corrected chi connectivity index (χ1v) is 5.49. The van der Waals surface area contributed by atoms with Gasteiger partial charge in [0, 0.05) is 33.2 Å². The van der Waals surface area contributed by atoms with Crippen LogP contribution < -0.4 is 5.32 Å². The molecule has 0 aromatic rings. The Morgan fingerprint density at radius 3 is 2.69 bits per heavy atom.